The second kappa shape index (κ2) is 6.85. The maximum atomic E-state index is 12.0. The second-order valence-corrected chi connectivity index (χ2v) is 8.85. The van der Waals surface area contributed by atoms with Gasteiger partial charge in [-0.1, -0.05) is 25.3 Å². The molecule has 0 bridgehead atoms. The van der Waals surface area contributed by atoms with Gasteiger partial charge in [0.2, 0.25) is 5.60 Å². The van der Waals surface area contributed by atoms with Crippen LogP contribution in [-0.4, -0.2) is 36.4 Å². The number of aromatic nitrogens is 1. The predicted molar refractivity (Wildman–Crippen MR) is 111 cm³/mol. The summed E-state index contributed by atoms with van der Waals surface area (Å²) in [5.74, 6) is 0.130. The first-order valence-corrected chi connectivity index (χ1v) is 10.2. The van der Waals surface area contributed by atoms with Crippen LogP contribution in [0.1, 0.15) is 74.7 Å². The van der Waals surface area contributed by atoms with Crippen molar-refractivity contribution in [3.8, 4) is 0 Å². The van der Waals surface area contributed by atoms with Gasteiger partial charge in [-0.2, -0.15) is 0 Å². The third-order valence-corrected chi connectivity index (χ3v) is 6.58. The molecule has 0 amide bonds. The predicted octanol–water partition coefficient (Wildman–Crippen LogP) is 4.12. The highest BCUT2D eigenvalue weighted by Crippen LogP contribution is 2.40. The van der Waals surface area contributed by atoms with Crippen LogP contribution in [-0.2, 0) is 14.0 Å². The van der Waals surface area contributed by atoms with Gasteiger partial charge in [-0.25, -0.2) is 4.79 Å². The van der Waals surface area contributed by atoms with Crippen molar-refractivity contribution in [2.75, 3.05) is 7.11 Å². The first-order valence-electron chi connectivity index (χ1n) is 10.2. The van der Waals surface area contributed by atoms with Gasteiger partial charge in [0, 0.05) is 17.8 Å². The number of carbonyl (C=O) groups is 1. The van der Waals surface area contributed by atoms with Gasteiger partial charge >= 0.3 is 13.1 Å². The minimum atomic E-state index is -0.643. The standard InChI is InChI=1S/C22H28BNO4/c1-21(2)22(3,4)28-23(27-21)19-18(14-9-7-6-8-10-14)16-12-11-15(20(25)26-5)13-17(16)24-19/h11-14H,1,6-10H2,2-5H3/p+1. The van der Waals surface area contributed by atoms with Gasteiger partial charge in [0.15, 0.2) is 0 Å². The van der Waals surface area contributed by atoms with E-state index in [0.717, 1.165) is 29.3 Å². The van der Waals surface area contributed by atoms with Crippen molar-refractivity contribution in [3.05, 3.63) is 36.2 Å². The Morgan fingerprint density at radius 1 is 1.21 bits per heavy atom. The average Bonchev–Trinajstić information content (AvgIpc) is 3.15. The van der Waals surface area contributed by atoms with E-state index in [-0.39, 0.29) is 5.97 Å². The molecule has 2 aromatic rings. The molecule has 0 spiro atoms. The van der Waals surface area contributed by atoms with Crippen LogP contribution in [0.4, 0.5) is 0 Å². The Kier molecular flexibility index (Phi) is 4.75. The van der Waals surface area contributed by atoms with E-state index in [1.165, 1.54) is 31.9 Å². The van der Waals surface area contributed by atoms with Gasteiger partial charge in [0.05, 0.1) is 25.2 Å². The smallest absolute Gasteiger partial charge is 0.465 e. The molecule has 1 atom stereocenters. The molecule has 148 valence electrons. The summed E-state index contributed by atoms with van der Waals surface area (Å²) >= 11 is 0. The lowest BCUT2D eigenvalue weighted by Gasteiger charge is -2.25. The number of esters is 1. The van der Waals surface area contributed by atoms with Gasteiger partial charge in [0.1, 0.15) is 5.60 Å². The summed E-state index contributed by atoms with van der Waals surface area (Å²) < 4.78 is 17.4. The SMILES string of the molecule is [CH2+]C1(C)OB(c2[nH]c3cc(C(=O)OC)ccc3c2C2CCCCC2)OC1(C)C. The lowest BCUT2D eigenvalue weighted by Crippen LogP contribution is -2.42. The molecule has 1 unspecified atom stereocenters. The Hall–Kier alpha value is -1.92. The third kappa shape index (κ3) is 3.13. The molecule has 1 saturated carbocycles. The van der Waals surface area contributed by atoms with Crippen LogP contribution in [0.3, 0.4) is 0 Å². The minimum absolute atomic E-state index is 0.336. The molecular formula is C22H29BNO4+. The molecule has 2 heterocycles. The molecule has 2 fully saturated rings. The van der Waals surface area contributed by atoms with Gasteiger partial charge < -0.3 is 19.0 Å². The molecule has 4 rings (SSSR count). The topological polar surface area (TPSA) is 60.6 Å². The Labute approximate surface area is 167 Å². The Bertz CT molecular complexity index is 879. The Balaban J connectivity index is 1.83. The van der Waals surface area contributed by atoms with Gasteiger partial charge in [0.25, 0.3) is 0 Å². The summed E-state index contributed by atoms with van der Waals surface area (Å²) in [5.41, 5.74) is 2.54. The van der Waals surface area contributed by atoms with E-state index in [4.69, 9.17) is 14.0 Å². The van der Waals surface area contributed by atoms with E-state index >= 15 is 0 Å². The minimum Gasteiger partial charge on any atom is -0.465 e. The van der Waals surface area contributed by atoms with Crippen LogP contribution in [0.15, 0.2) is 18.2 Å². The summed E-state index contributed by atoms with van der Waals surface area (Å²) in [6, 6.07) is 5.72. The number of carbonyl (C=O) groups excluding carboxylic acids is 1. The zero-order valence-corrected chi connectivity index (χ0v) is 17.3. The largest absolute Gasteiger partial charge is 0.515 e. The maximum absolute atomic E-state index is 12.0. The van der Waals surface area contributed by atoms with Crippen molar-refractivity contribution in [1.82, 2.24) is 4.98 Å². The zero-order valence-electron chi connectivity index (χ0n) is 17.3. The molecule has 1 aromatic carbocycles. The van der Waals surface area contributed by atoms with Gasteiger partial charge in [-0.3, -0.25) is 0 Å². The van der Waals surface area contributed by atoms with Crippen molar-refractivity contribution in [2.24, 2.45) is 0 Å². The molecule has 1 aliphatic carbocycles. The molecule has 2 aliphatic rings. The molecule has 1 aromatic heterocycles. The quantitative estimate of drug-likeness (QED) is 0.493. The number of H-pyrrole nitrogens is 1. The monoisotopic (exact) mass is 382 g/mol. The summed E-state index contributed by atoms with van der Waals surface area (Å²) in [6.07, 6.45) is 6.10. The van der Waals surface area contributed by atoms with Crippen LogP contribution in [0.5, 0.6) is 0 Å². The Morgan fingerprint density at radius 3 is 2.54 bits per heavy atom. The van der Waals surface area contributed by atoms with Gasteiger partial charge in [-0.05, 0) is 50.3 Å². The van der Waals surface area contributed by atoms with Crippen LogP contribution >= 0.6 is 0 Å². The fourth-order valence-corrected chi connectivity index (χ4v) is 4.41. The van der Waals surface area contributed by atoms with E-state index in [2.05, 4.69) is 11.9 Å². The lowest BCUT2D eigenvalue weighted by atomic mass is 9.74. The number of nitrogens with one attached hydrogen (secondary N) is 1. The second-order valence-electron chi connectivity index (χ2n) is 8.85. The van der Waals surface area contributed by atoms with Crippen LogP contribution in [0, 0.1) is 6.92 Å². The number of hydrogen-bond acceptors (Lipinski definition) is 4. The number of methoxy groups -OCH3 is 1. The van der Waals surface area contributed by atoms with E-state index < -0.39 is 18.3 Å². The number of ether oxygens (including phenoxy) is 1. The molecule has 28 heavy (non-hydrogen) atoms. The molecule has 0 radical (unpaired) electrons. The molecule has 1 aliphatic heterocycles. The van der Waals surface area contributed by atoms with Crippen molar-refractivity contribution in [2.45, 2.75) is 70.0 Å². The third-order valence-electron chi connectivity index (χ3n) is 6.58. The number of hydrogen-bond donors (Lipinski definition) is 1. The normalized spacial score (nSPS) is 25.4. The fraction of sp³-hybridized carbons (Fsp3) is 0.545. The van der Waals surface area contributed by atoms with E-state index in [1.54, 1.807) is 0 Å². The van der Waals surface area contributed by atoms with Crippen molar-refractivity contribution >= 4 is 29.6 Å². The highest BCUT2D eigenvalue weighted by Gasteiger charge is 2.58. The highest BCUT2D eigenvalue weighted by atomic mass is 16.7. The number of rotatable bonds is 3. The summed E-state index contributed by atoms with van der Waals surface area (Å²) in [4.78, 5) is 15.5. The molecular weight excluding hydrogens is 353 g/mol. The van der Waals surface area contributed by atoms with Crippen LogP contribution in [0.2, 0.25) is 0 Å². The zero-order chi connectivity index (χ0) is 20.1. The van der Waals surface area contributed by atoms with Crippen molar-refractivity contribution in [1.29, 1.82) is 0 Å². The summed E-state index contributed by atoms with van der Waals surface area (Å²) in [5, 5.41) is 1.14. The molecule has 5 nitrogen and oxygen atoms in total. The maximum Gasteiger partial charge on any atom is 0.515 e. The van der Waals surface area contributed by atoms with E-state index in [9.17, 15) is 4.79 Å². The van der Waals surface area contributed by atoms with Crippen LogP contribution in [0.25, 0.3) is 10.9 Å². The summed E-state index contributed by atoms with van der Waals surface area (Å²) in [6.45, 7) is 10.2. The highest BCUT2D eigenvalue weighted by molar-refractivity contribution is 6.62. The number of fused-ring (bicyclic) bond motifs is 1. The van der Waals surface area contributed by atoms with E-state index in [0.29, 0.717) is 11.5 Å². The summed E-state index contributed by atoms with van der Waals surface area (Å²) in [7, 11) is 0.903. The van der Waals surface area contributed by atoms with E-state index in [1.807, 2.05) is 39.0 Å². The lowest BCUT2D eigenvalue weighted by molar-refractivity contribution is 0.0262. The molecule has 1 N–H and O–H groups in total. The first kappa shape index (κ1) is 19.4. The molecule has 6 heteroatoms. The first-order chi connectivity index (χ1) is 13.2. The average molecular weight is 382 g/mol. The molecule has 1 saturated heterocycles. The van der Waals surface area contributed by atoms with Crippen molar-refractivity contribution in [3.63, 3.8) is 0 Å². The fourth-order valence-electron chi connectivity index (χ4n) is 4.41. The Morgan fingerprint density at radius 2 is 1.93 bits per heavy atom. The number of benzene rings is 1. The van der Waals surface area contributed by atoms with Crippen LogP contribution < -0.4 is 5.59 Å². The van der Waals surface area contributed by atoms with Gasteiger partial charge in [-0.15, -0.1) is 0 Å². The number of aromatic amines is 1. The van der Waals surface area contributed by atoms with Crippen molar-refractivity contribution < 1.29 is 18.8 Å².